The van der Waals surface area contributed by atoms with Gasteiger partial charge in [-0.05, 0) is 48.4 Å². The van der Waals surface area contributed by atoms with Crippen LogP contribution in [0.15, 0.2) is 30.3 Å². The summed E-state index contributed by atoms with van der Waals surface area (Å²) in [4.78, 5) is 28.2. The van der Waals surface area contributed by atoms with Crippen LogP contribution in [0.25, 0.3) is 10.4 Å². The van der Waals surface area contributed by atoms with Gasteiger partial charge in [-0.15, -0.1) is 11.3 Å². The van der Waals surface area contributed by atoms with Crippen LogP contribution < -0.4 is 5.32 Å². The SMILES string of the molecule is O=C(NCC(F)(F)F)[C@H]1CCCN1C(=O)c1cc2c(s1)-c1ccccc1CC2. The zero-order valence-corrected chi connectivity index (χ0v) is 15.8. The van der Waals surface area contributed by atoms with Crippen molar-refractivity contribution in [2.24, 2.45) is 0 Å². The summed E-state index contributed by atoms with van der Waals surface area (Å²) in [5.74, 6) is -1.02. The van der Waals surface area contributed by atoms with Crippen molar-refractivity contribution in [1.29, 1.82) is 0 Å². The van der Waals surface area contributed by atoms with Crippen molar-refractivity contribution in [2.75, 3.05) is 13.1 Å². The van der Waals surface area contributed by atoms with E-state index in [1.165, 1.54) is 21.8 Å². The van der Waals surface area contributed by atoms with Crippen LogP contribution in [0.4, 0.5) is 13.2 Å². The molecule has 1 saturated heterocycles. The zero-order valence-electron chi connectivity index (χ0n) is 15.0. The van der Waals surface area contributed by atoms with E-state index in [1.807, 2.05) is 29.6 Å². The number of benzene rings is 1. The molecule has 1 atom stereocenters. The van der Waals surface area contributed by atoms with Crippen LogP contribution >= 0.6 is 11.3 Å². The van der Waals surface area contributed by atoms with Crippen molar-refractivity contribution >= 4 is 23.2 Å². The molecule has 1 aliphatic carbocycles. The Bertz CT molecular complexity index is 922. The molecule has 148 valence electrons. The van der Waals surface area contributed by atoms with Gasteiger partial charge in [-0.1, -0.05) is 24.3 Å². The third kappa shape index (κ3) is 3.65. The standard InChI is InChI=1S/C20H19F3N2O2S/c21-20(22,23)11-24-18(26)15-6-3-9-25(15)19(27)16-10-13-8-7-12-4-1-2-5-14(12)17(13)28-16/h1-2,4-5,10,15H,3,6-9,11H2,(H,24,26)/t15-/m1/s1. The van der Waals surface area contributed by atoms with Gasteiger partial charge in [-0.25, -0.2) is 0 Å². The first-order valence-corrected chi connectivity index (χ1v) is 10.0. The third-order valence-electron chi connectivity index (χ3n) is 5.22. The summed E-state index contributed by atoms with van der Waals surface area (Å²) in [7, 11) is 0. The molecule has 2 aliphatic rings. The van der Waals surface area contributed by atoms with E-state index < -0.39 is 24.7 Å². The Kier molecular flexibility index (Phi) is 4.91. The van der Waals surface area contributed by atoms with Crippen LogP contribution in [-0.2, 0) is 17.6 Å². The summed E-state index contributed by atoms with van der Waals surface area (Å²) in [6.45, 7) is -1.00. The van der Waals surface area contributed by atoms with Crippen molar-refractivity contribution in [1.82, 2.24) is 10.2 Å². The van der Waals surface area contributed by atoms with Gasteiger partial charge < -0.3 is 10.2 Å². The van der Waals surface area contributed by atoms with Gasteiger partial charge in [0.05, 0.1) is 4.88 Å². The number of aryl methyl sites for hydroxylation is 2. The molecule has 4 nitrogen and oxygen atoms in total. The number of carbonyl (C=O) groups excluding carboxylic acids is 2. The number of hydrogen-bond acceptors (Lipinski definition) is 3. The molecule has 2 heterocycles. The second-order valence-corrected chi connectivity index (χ2v) is 8.16. The van der Waals surface area contributed by atoms with Gasteiger partial charge in [0, 0.05) is 11.4 Å². The van der Waals surface area contributed by atoms with Gasteiger partial charge in [0.2, 0.25) is 5.91 Å². The highest BCUT2D eigenvalue weighted by Gasteiger charge is 2.37. The van der Waals surface area contributed by atoms with Crippen LogP contribution in [0.3, 0.4) is 0 Å². The van der Waals surface area contributed by atoms with E-state index in [0.717, 1.165) is 28.8 Å². The predicted molar refractivity (Wildman–Crippen MR) is 100 cm³/mol. The van der Waals surface area contributed by atoms with E-state index in [-0.39, 0.29) is 5.91 Å². The molecule has 0 bridgehead atoms. The first kappa shape index (κ1) is 19.0. The Balaban J connectivity index is 1.54. The number of rotatable bonds is 3. The second kappa shape index (κ2) is 7.24. The van der Waals surface area contributed by atoms with E-state index in [0.29, 0.717) is 24.3 Å². The minimum absolute atomic E-state index is 0.276. The fourth-order valence-corrected chi connectivity index (χ4v) is 5.13. The fraction of sp³-hybridized carbons (Fsp3) is 0.400. The van der Waals surface area contributed by atoms with Crippen molar-refractivity contribution in [2.45, 2.75) is 37.9 Å². The van der Waals surface area contributed by atoms with Gasteiger partial charge in [-0.2, -0.15) is 13.2 Å². The lowest BCUT2D eigenvalue weighted by Gasteiger charge is -2.23. The molecule has 0 spiro atoms. The van der Waals surface area contributed by atoms with Crippen LogP contribution in [-0.4, -0.2) is 42.0 Å². The molecule has 4 rings (SSSR count). The molecule has 1 N–H and O–H groups in total. The predicted octanol–water partition coefficient (Wildman–Crippen LogP) is 3.80. The Morgan fingerprint density at radius 2 is 1.93 bits per heavy atom. The number of likely N-dealkylation sites (tertiary alicyclic amines) is 1. The maximum Gasteiger partial charge on any atom is 0.405 e. The van der Waals surface area contributed by atoms with Crippen molar-refractivity contribution in [3.63, 3.8) is 0 Å². The van der Waals surface area contributed by atoms with Crippen LogP contribution in [0.1, 0.15) is 33.6 Å². The summed E-state index contributed by atoms with van der Waals surface area (Å²) in [6.07, 6.45) is -1.72. The first-order chi connectivity index (χ1) is 13.3. The number of nitrogens with one attached hydrogen (secondary N) is 1. The highest BCUT2D eigenvalue weighted by atomic mass is 32.1. The molecule has 28 heavy (non-hydrogen) atoms. The van der Waals surface area contributed by atoms with E-state index in [9.17, 15) is 22.8 Å². The second-order valence-electron chi connectivity index (χ2n) is 7.11. The minimum atomic E-state index is -4.47. The number of nitrogens with zero attached hydrogens (tertiary/aromatic N) is 1. The summed E-state index contributed by atoms with van der Waals surface area (Å²) < 4.78 is 37.1. The molecule has 1 aliphatic heterocycles. The van der Waals surface area contributed by atoms with Gasteiger partial charge in [-0.3, -0.25) is 9.59 Å². The van der Waals surface area contributed by atoms with Gasteiger partial charge in [0.1, 0.15) is 12.6 Å². The van der Waals surface area contributed by atoms with E-state index >= 15 is 0 Å². The smallest absolute Gasteiger partial charge is 0.345 e. The molecular formula is C20H19F3N2O2S. The highest BCUT2D eigenvalue weighted by molar-refractivity contribution is 7.17. The van der Waals surface area contributed by atoms with E-state index in [2.05, 4.69) is 6.07 Å². The zero-order chi connectivity index (χ0) is 19.9. The number of fused-ring (bicyclic) bond motifs is 3. The monoisotopic (exact) mass is 408 g/mol. The lowest BCUT2D eigenvalue weighted by molar-refractivity contribution is -0.140. The topological polar surface area (TPSA) is 49.4 Å². The molecule has 8 heteroatoms. The lowest BCUT2D eigenvalue weighted by atomic mass is 9.91. The Hall–Kier alpha value is -2.35. The fourth-order valence-electron chi connectivity index (χ4n) is 3.91. The molecule has 0 saturated carbocycles. The molecule has 0 radical (unpaired) electrons. The number of halogens is 3. The Morgan fingerprint density at radius 1 is 1.18 bits per heavy atom. The average molecular weight is 408 g/mol. The van der Waals surface area contributed by atoms with Crippen molar-refractivity contribution in [3.8, 4) is 10.4 Å². The highest BCUT2D eigenvalue weighted by Crippen LogP contribution is 2.40. The third-order valence-corrected chi connectivity index (χ3v) is 6.42. The summed E-state index contributed by atoms with van der Waals surface area (Å²) in [5, 5.41) is 1.91. The van der Waals surface area contributed by atoms with Crippen LogP contribution in [0.2, 0.25) is 0 Å². The first-order valence-electron chi connectivity index (χ1n) is 9.20. The lowest BCUT2D eigenvalue weighted by Crippen LogP contribution is -2.47. The molecule has 0 unspecified atom stereocenters. The molecule has 1 aromatic heterocycles. The van der Waals surface area contributed by atoms with Crippen LogP contribution in [0, 0.1) is 0 Å². The summed E-state index contributed by atoms with van der Waals surface area (Å²) in [5.41, 5.74) is 3.50. The quantitative estimate of drug-likeness (QED) is 0.840. The van der Waals surface area contributed by atoms with E-state index in [1.54, 1.807) is 0 Å². The van der Waals surface area contributed by atoms with E-state index in [4.69, 9.17) is 0 Å². The number of amides is 2. The summed E-state index contributed by atoms with van der Waals surface area (Å²) in [6, 6.07) is 9.12. The largest absolute Gasteiger partial charge is 0.405 e. The number of alkyl halides is 3. The molecule has 1 aromatic carbocycles. The van der Waals surface area contributed by atoms with Gasteiger partial charge in [0.15, 0.2) is 0 Å². The van der Waals surface area contributed by atoms with Gasteiger partial charge in [0.25, 0.3) is 5.91 Å². The minimum Gasteiger partial charge on any atom is -0.345 e. The molecule has 1 fully saturated rings. The number of hydrogen-bond donors (Lipinski definition) is 1. The normalized spacial score (nSPS) is 18.5. The molecule has 2 aromatic rings. The average Bonchev–Trinajstić information content (AvgIpc) is 3.32. The number of carbonyl (C=O) groups is 2. The van der Waals surface area contributed by atoms with Crippen molar-refractivity contribution in [3.05, 3.63) is 46.3 Å². The van der Waals surface area contributed by atoms with Crippen LogP contribution in [0.5, 0.6) is 0 Å². The summed E-state index contributed by atoms with van der Waals surface area (Å²) >= 11 is 1.40. The Morgan fingerprint density at radius 3 is 2.71 bits per heavy atom. The number of thiophene rings is 1. The molecule has 2 amide bonds. The Labute approximate surface area is 164 Å². The maximum atomic E-state index is 13.0. The van der Waals surface area contributed by atoms with Gasteiger partial charge >= 0.3 is 6.18 Å². The van der Waals surface area contributed by atoms with Crippen molar-refractivity contribution < 1.29 is 22.8 Å². The molecular weight excluding hydrogens is 389 g/mol. The maximum absolute atomic E-state index is 13.0.